The molecule has 0 radical (unpaired) electrons. The molecule has 1 N–H and O–H groups in total. The first-order valence-corrected chi connectivity index (χ1v) is 4.89. The summed E-state index contributed by atoms with van der Waals surface area (Å²) in [6.45, 7) is 2.55. The van der Waals surface area contributed by atoms with Gasteiger partial charge in [-0.25, -0.2) is 0 Å². The van der Waals surface area contributed by atoms with E-state index < -0.39 is 8.25 Å². The Hall–Kier alpha value is 1.50. The summed E-state index contributed by atoms with van der Waals surface area (Å²) >= 11 is 0. The van der Waals surface area contributed by atoms with Crippen molar-refractivity contribution in [1.29, 1.82) is 0 Å². The summed E-state index contributed by atoms with van der Waals surface area (Å²) in [7, 11) is -2.67. The first-order valence-electron chi connectivity index (χ1n) is 3.63. The molecule has 0 saturated heterocycles. The Balaban J connectivity index is 0. The van der Waals surface area contributed by atoms with Crippen LogP contribution in [0.4, 0.5) is 0 Å². The molecule has 66 valence electrons. The first kappa shape index (κ1) is 15.0. The number of hydrogen-bond donors (Lipinski definition) is 1. The van der Waals surface area contributed by atoms with E-state index in [1.165, 1.54) is 12.8 Å². The second-order valence-electron chi connectivity index (χ2n) is 2.18. The Morgan fingerprint density at radius 3 is 2.45 bits per heavy atom. The minimum atomic E-state index is -2.67. The molecule has 11 heavy (non-hydrogen) atoms. The molecule has 0 aromatic heterocycles. The van der Waals surface area contributed by atoms with Crippen LogP contribution in [0.25, 0.3) is 0 Å². The fourth-order valence-electron chi connectivity index (χ4n) is 0.688. The topological polar surface area (TPSA) is 46.5 Å². The van der Waals surface area contributed by atoms with Gasteiger partial charge in [-0.05, 0) is 6.42 Å². The van der Waals surface area contributed by atoms with Crippen LogP contribution in [0.1, 0.15) is 32.6 Å². The minimum Gasteiger partial charge on any atom is -0.326 e. The predicted molar refractivity (Wildman–Crippen MR) is 41.3 cm³/mol. The molecule has 0 aliphatic rings. The van der Waals surface area contributed by atoms with Crippen molar-refractivity contribution in [2.24, 2.45) is 0 Å². The SMILES string of the molecule is CCCCCCO[PH](=O)O.[Nd]. The Labute approximate surface area is 101 Å². The molecule has 0 saturated carbocycles. The van der Waals surface area contributed by atoms with Gasteiger partial charge in [-0.2, -0.15) is 0 Å². The van der Waals surface area contributed by atoms with Crippen molar-refractivity contribution in [2.45, 2.75) is 32.6 Å². The van der Waals surface area contributed by atoms with Gasteiger partial charge in [0.1, 0.15) is 0 Å². The quantitative estimate of drug-likeness (QED) is 0.603. The van der Waals surface area contributed by atoms with Gasteiger partial charge in [-0.15, -0.1) is 0 Å². The molecule has 1 atom stereocenters. The average molecular weight is 310 g/mol. The first-order chi connectivity index (χ1) is 4.77. The van der Waals surface area contributed by atoms with Crippen molar-refractivity contribution in [3.8, 4) is 0 Å². The normalized spacial score (nSPS) is 12.2. The van der Waals surface area contributed by atoms with Crippen molar-refractivity contribution >= 4 is 8.25 Å². The summed E-state index contributed by atoms with van der Waals surface area (Å²) in [4.78, 5) is 8.23. The van der Waals surface area contributed by atoms with Crippen molar-refractivity contribution < 1.29 is 54.8 Å². The average Bonchev–Trinajstić information content (AvgIpc) is 1.87. The summed E-state index contributed by atoms with van der Waals surface area (Å²) in [5.74, 6) is 0. The standard InChI is InChI=1S/C6H15O3P.Nd/c1-2-3-4-5-6-9-10(7)8;/h10H,2-6H2,1H3,(H,7,8);. The Morgan fingerprint density at radius 1 is 1.36 bits per heavy atom. The maximum Gasteiger partial charge on any atom is 0.316 e. The number of hydrogen-bond acceptors (Lipinski definition) is 2. The fourth-order valence-corrected chi connectivity index (χ4v) is 1.01. The van der Waals surface area contributed by atoms with E-state index in [1.807, 2.05) is 0 Å². The van der Waals surface area contributed by atoms with Crippen molar-refractivity contribution in [1.82, 2.24) is 0 Å². The summed E-state index contributed by atoms with van der Waals surface area (Å²) in [5.41, 5.74) is 0. The van der Waals surface area contributed by atoms with Gasteiger partial charge in [0.05, 0.1) is 6.61 Å². The molecule has 0 heterocycles. The molecule has 0 aliphatic carbocycles. The molecule has 0 bridgehead atoms. The van der Waals surface area contributed by atoms with E-state index in [2.05, 4.69) is 11.4 Å². The van der Waals surface area contributed by atoms with Gasteiger partial charge in [-0.1, -0.05) is 26.2 Å². The molecule has 0 aromatic carbocycles. The van der Waals surface area contributed by atoms with Crippen LogP contribution in [0.2, 0.25) is 0 Å². The molecule has 0 fully saturated rings. The monoisotopic (exact) mass is 308 g/mol. The van der Waals surface area contributed by atoms with Crippen LogP contribution in [0.3, 0.4) is 0 Å². The molecule has 3 nitrogen and oxygen atoms in total. The second-order valence-corrected chi connectivity index (χ2v) is 3.00. The summed E-state index contributed by atoms with van der Waals surface area (Å²) in [6.07, 6.45) is 4.33. The molecule has 0 aliphatic heterocycles. The fraction of sp³-hybridized carbons (Fsp3) is 1.00. The molecule has 0 aromatic rings. The zero-order chi connectivity index (χ0) is 7.82. The van der Waals surface area contributed by atoms with Crippen LogP contribution in [-0.4, -0.2) is 11.5 Å². The van der Waals surface area contributed by atoms with Crippen LogP contribution in [-0.2, 0) is 9.09 Å². The smallest absolute Gasteiger partial charge is 0.316 e. The maximum absolute atomic E-state index is 9.99. The third-order valence-corrected chi connectivity index (χ3v) is 1.67. The van der Waals surface area contributed by atoms with Gasteiger partial charge in [0.25, 0.3) is 0 Å². The molecule has 0 spiro atoms. The summed E-state index contributed by atoms with van der Waals surface area (Å²) < 4.78 is 14.5. The zero-order valence-electron chi connectivity index (χ0n) is 6.80. The van der Waals surface area contributed by atoms with Crippen LogP contribution in [0.5, 0.6) is 0 Å². The molecular weight excluding hydrogens is 295 g/mol. The summed E-state index contributed by atoms with van der Waals surface area (Å²) in [6, 6.07) is 0. The van der Waals surface area contributed by atoms with Gasteiger partial charge < -0.3 is 9.42 Å². The van der Waals surface area contributed by atoms with Crippen LogP contribution < -0.4 is 0 Å². The van der Waals surface area contributed by atoms with E-state index in [0.717, 1.165) is 12.8 Å². The minimum absolute atomic E-state index is 0. The third kappa shape index (κ3) is 14.4. The second kappa shape index (κ2) is 11.5. The predicted octanol–water partition coefficient (Wildman–Crippen LogP) is 1.97. The van der Waals surface area contributed by atoms with Crippen molar-refractivity contribution in [3.05, 3.63) is 0 Å². The largest absolute Gasteiger partial charge is 0.326 e. The number of unbranched alkanes of at least 4 members (excludes halogenated alkanes) is 3. The van der Waals surface area contributed by atoms with Crippen LogP contribution in [0, 0.1) is 40.8 Å². The Kier molecular flexibility index (Phi) is 15.7. The molecule has 0 amide bonds. The van der Waals surface area contributed by atoms with Crippen molar-refractivity contribution in [3.63, 3.8) is 0 Å². The maximum atomic E-state index is 9.99. The Bertz CT molecular complexity index is 99.8. The van der Waals surface area contributed by atoms with Gasteiger partial charge in [0.2, 0.25) is 0 Å². The van der Waals surface area contributed by atoms with E-state index in [-0.39, 0.29) is 40.8 Å². The van der Waals surface area contributed by atoms with E-state index in [1.54, 1.807) is 0 Å². The molecule has 5 heteroatoms. The molecule has 1 unspecified atom stereocenters. The molecular formula is C6H15NdO3P. The summed E-state index contributed by atoms with van der Waals surface area (Å²) in [5, 5.41) is 0. The van der Waals surface area contributed by atoms with E-state index in [9.17, 15) is 4.57 Å². The van der Waals surface area contributed by atoms with Gasteiger partial charge in [-0.3, -0.25) is 4.57 Å². The number of rotatable bonds is 6. The molecule has 0 rings (SSSR count). The van der Waals surface area contributed by atoms with E-state index in [0.29, 0.717) is 6.61 Å². The zero-order valence-corrected chi connectivity index (χ0v) is 11.0. The van der Waals surface area contributed by atoms with E-state index in [4.69, 9.17) is 4.89 Å². The van der Waals surface area contributed by atoms with E-state index >= 15 is 0 Å². The van der Waals surface area contributed by atoms with Crippen LogP contribution >= 0.6 is 8.25 Å². The van der Waals surface area contributed by atoms with Gasteiger partial charge in [0, 0.05) is 40.8 Å². The van der Waals surface area contributed by atoms with Gasteiger partial charge in [0.15, 0.2) is 0 Å². The third-order valence-electron chi connectivity index (χ3n) is 1.22. The van der Waals surface area contributed by atoms with Crippen molar-refractivity contribution in [2.75, 3.05) is 6.61 Å². The Morgan fingerprint density at radius 2 is 2.00 bits per heavy atom. The van der Waals surface area contributed by atoms with Crippen LogP contribution in [0.15, 0.2) is 0 Å². The van der Waals surface area contributed by atoms with Gasteiger partial charge >= 0.3 is 8.25 Å².